The van der Waals surface area contributed by atoms with Crippen LogP contribution in [0.4, 0.5) is 4.79 Å². The lowest BCUT2D eigenvalue weighted by atomic mass is 9.65. The molecule has 0 aromatic heterocycles. The number of nitrogens with one attached hydrogen (secondary N) is 1. The van der Waals surface area contributed by atoms with E-state index in [0.717, 1.165) is 45.1 Å². The molecule has 0 aromatic rings. The fourth-order valence-electron chi connectivity index (χ4n) is 5.59. The van der Waals surface area contributed by atoms with Gasteiger partial charge in [-0.2, -0.15) is 0 Å². The van der Waals surface area contributed by atoms with Crippen molar-refractivity contribution in [1.29, 1.82) is 0 Å². The molecule has 1 saturated carbocycles. The molecule has 5 aliphatic rings. The molecule has 4 aliphatic heterocycles. The summed E-state index contributed by atoms with van der Waals surface area (Å²) in [6.07, 6.45) is 7.72. The predicted octanol–water partition coefficient (Wildman–Crippen LogP) is 2.15. The van der Waals surface area contributed by atoms with E-state index < -0.39 is 6.09 Å². The molecule has 1 spiro atoms. The molecule has 5 rings (SSSR count). The summed E-state index contributed by atoms with van der Waals surface area (Å²) in [6, 6.07) is 0.365. The lowest BCUT2D eigenvalue weighted by Gasteiger charge is -2.47. The van der Waals surface area contributed by atoms with Gasteiger partial charge < -0.3 is 20.2 Å². The Labute approximate surface area is 149 Å². The van der Waals surface area contributed by atoms with E-state index >= 15 is 0 Å². The molecule has 0 radical (unpaired) electrons. The zero-order valence-corrected chi connectivity index (χ0v) is 15.1. The number of likely N-dealkylation sites (tertiary alicyclic amines) is 1. The Morgan fingerprint density at radius 1 is 0.920 bits per heavy atom. The number of nitrogens with zero attached hydrogens (tertiary/aromatic N) is 2. The van der Waals surface area contributed by atoms with Gasteiger partial charge in [0.1, 0.15) is 0 Å². The van der Waals surface area contributed by atoms with Gasteiger partial charge in [0.15, 0.2) is 0 Å². The highest BCUT2D eigenvalue weighted by atomic mass is 16.4. The van der Waals surface area contributed by atoms with Crippen LogP contribution in [0.5, 0.6) is 0 Å². The third-order valence-corrected chi connectivity index (χ3v) is 7.50. The maximum Gasteiger partial charge on any atom is 0.407 e. The topological polar surface area (TPSA) is 72.9 Å². The van der Waals surface area contributed by atoms with Crippen molar-refractivity contribution in [3.8, 4) is 0 Å². The molecule has 2 bridgehead atoms. The van der Waals surface area contributed by atoms with Crippen LogP contribution < -0.4 is 5.32 Å². The average Bonchev–Trinajstić information content (AvgIpc) is 2.64. The smallest absolute Gasteiger partial charge is 0.407 e. The Morgan fingerprint density at radius 2 is 1.56 bits per heavy atom. The number of carbonyl (C=O) groups is 2. The normalized spacial score (nSPS) is 34.9. The summed E-state index contributed by atoms with van der Waals surface area (Å²) >= 11 is 0. The second-order valence-electron chi connectivity index (χ2n) is 8.80. The maximum atomic E-state index is 12.7. The predicted molar refractivity (Wildman–Crippen MR) is 94.3 cm³/mol. The van der Waals surface area contributed by atoms with Crippen molar-refractivity contribution in [3.05, 3.63) is 0 Å². The van der Waals surface area contributed by atoms with Crippen molar-refractivity contribution in [2.75, 3.05) is 32.7 Å². The average molecular weight is 349 g/mol. The van der Waals surface area contributed by atoms with Crippen molar-refractivity contribution in [3.63, 3.8) is 0 Å². The summed E-state index contributed by atoms with van der Waals surface area (Å²) < 4.78 is 0. The number of hydrogen-bond donors (Lipinski definition) is 2. The number of piperidine rings is 4. The minimum atomic E-state index is -0.791. The van der Waals surface area contributed by atoms with Crippen LogP contribution in [0.15, 0.2) is 0 Å². The second-order valence-corrected chi connectivity index (χ2v) is 8.80. The first-order valence-electron chi connectivity index (χ1n) is 10.1. The summed E-state index contributed by atoms with van der Waals surface area (Å²) in [6.45, 7) is 4.77. The van der Waals surface area contributed by atoms with Gasteiger partial charge in [-0.1, -0.05) is 0 Å². The third kappa shape index (κ3) is 3.50. The third-order valence-electron chi connectivity index (χ3n) is 7.50. The van der Waals surface area contributed by atoms with Crippen molar-refractivity contribution in [2.24, 2.45) is 17.3 Å². The fraction of sp³-hybridized carbons (Fsp3) is 0.895. The van der Waals surface area contributed by atoms with E-state index in [1.54, 1.807) is 0 Å². The summed E-state index contributed by atoms with van der Waals surface area (Å²) in [5, 5.41) is 12.5. The van der Waals surface area contributed by atoms with Crippen molar-refractivity contribution in [1.82, 2.24) is 15.1 Å². The molecule has 1 aliphatic carbocycles. The summed E-state index contributed by atoms with van der Waals surface area (Å²) in [5.41, 5.74) is 0.290. The van der Waals surface area contributed by atoms with E-state index in [4.69, 9.17) is 5.11 Å². The van der Waals surface area contributed by atoms with Gasteiger partial charge in [-0.25, -0.2) is 4.79 Å². The number of hydrogen-bond acceptors (Lipinski definition) is 3. The number of fused-ring (bicyclic) bond motifs is 3. The van der Waals surface area contributed by atoms with Crippen LogP contribution in [0, 0.1) is 17.3 Å². The Morgan fingerprint density at radius 3 is 2.08 bits per heavy atom. The fourth-order valence-corrected chi connectivity index (χ4v) is 5.59. The Balaban J connectivity index is 1.26. The largest absolute Gasteiger partial charge is 0.465 e. The highest BCUT2D eigenvalue weighted by molar-refractivity contribution is 5.79. The molecule has 6 heteroatoms. The summed E-state index contributed by atoms with van der Waals surface area (Å²) in [4.78, 5) is 27.8. The van der Waals surface area contributed by atoms with E-state index in [0.29, 0.717) is 30.5 Å². The standard InChI is InChI=1S/C19H31N3O3/c23-17(20-16-13-21-9-3-14(16)4-10-21)15-1-5-19(6-2-15)7-11-22(12-8-19)18(24)25/h14-16H,1-13H2,(H,20,23)(H,24,25)/t16-/m0/s1. The van der Waals surface area contributed by atoms with Gasteiger partial charge in [-0.15, -0.1) is 0 Å². The number of amides is 2. The Bertz CT molecular complexity index is 512. The van der Waals surface area contributed by atoms with Gasteiger partial charge in [0, 0.05) is 31.6 Å². The molecule has 4 saturated heterocycles. The van der Waals surface area contributed by atoms with Gasteiger partial charge in [-0.05, 0) is 75.8 Å². The van der Waals surface area contributed by atoms with Crippen LogP contribution in [0.1, 0.15) is 51.4 Å². The highest BCUT2D eigenvalue weighted by Gasteiger charge is 2.41. The number of rotatable bonds is 2. The van der Waals surface area contributed by atoms with E-state index in [2.05, 4.69) is 10.2 Å². The van der Waals surface area contributed by atoms with Crippen LogP contribution in [-0.2, 0) is 4.79 Å². The molecule has 6 nitrogen and oxygen atoms in total. The first-order valence-corrected chi connectivity index (χ1v) is 10.1. The van der Waals surface area contributed by atoms with E-state index in [-0.39, 0.29) is 11.8 Å². The molecule has 0 unspecified atom stereocenters. The van der Waals surface area contributed by atoms with Crippen molar-refractivity contribution >= 4 is 12.0 Å². The molecular formula is C19H31N3O3. The minimum Gasteiger partial charge on any atom is -0.465 e. The van der Waals surface area contributed by atoms with Gasteiger partial charge in [0.05, 0.1) is 0 Å². The monoisotopic (exact) mass is 349 g/mol. The van der Waals surface area contributed by atoms with Gasteiger partial charge >= 0.3 is 6.09 Å². The minimum absolute atomic E-state index is 0.165. The van der Waals surface area contributed by atoms with Crippen LogP contribution in [-0.4, -0.2) is 65.7 Å². The number of carbonyl (C=O) groups excluding carboxylic acids is 1. The molecule has 5 fully saturated rings. The van der Waals surface area contributed by atoms with E-state index in [9.17, 15) is 9.59 Å². The Hall–Kier alpha value is -1.30. The van der Waals surface area contributed by atoms with Crippen LogP contribution in [0.25, 0.3) is 0 Å². The van der Waals surface area contributed by atoms with Gasteiger partial charge in [0.25, 0.3) is 0 Å². The van der Waals surface area contributed by atoms with Crippen molar-refractivity contribution < 1.29 is 14.7 Å². The first kappa shape index (κ1) is 17.1. The molecule has 0 aromatic carbocycles. The zero-order valence-electron chi connectivity index (χ0n) is 15.1. The molecular weight excluding hydrogens is 318 g/mol. The van der Waals surface area contributed by atoms with Gasteiger partial charge in [-0.3, -0.25) is 4.79 Å². The van der Waals surface area contributed by atoms with Crippen LogP contribution in [0.3, 0.4) is 0 Å². The summed E-state index contributed by atoms with van der Waals surface area (Å²) in [7, 11) is 0. The quantitative estimate of drug-likeness (QED) is 0.801. The van der Waals surface area contributed by atoms with E-state index in [1.165, 1.54) is 30.8 Å². The van der Waals surface area contributed by atoms with Crippen LogP contribution in [0.2, 0.25) is 0 Å². The van der Waals surface area contributed by atoms with Crippen LogP contribution >= 0.6 is 0 Å². The summed E-state index contributed by atoms with van der Waals surface area (Å²) in [5.74, 6) is 1.12. The zero-order chi connectivity index (χ0) is 17.4. The molecule has 2 amide bonds. The Kier molecular flexibility index (Phi) is 4.65. The first-order chi connectivity index (χ1) is 12.0. The molecule has 1 atom stereocenters. The lowest BCUT2D eigenvalue weighted by molar-refractivity contribution is -0.129. The molecule has 2 N–H and O–H groups in total. The highest BCUT2D eigenvalue weighted by Crippen LogP contribution is 2.46. The molecule has 25 heavy (non-hydrogen) atoms. The second kappa shape index (κ2) is 6.78. The SMILES string of the molecule is O=C(N[C@H]1CN2CCC1CC2)C1CCC2(CC1)CCN(C(=O)O)CC2. The van der Waals surface area contributed by atoms with Crippen molar-refractivity contribution in [2.45, 2.75) is 57.4 Å². The number of carboxylic acid groups (broad SMARTS) is 1. The van der Waals surface area contributed by atoms with E-state index in [1.807, 2.05) is 0 Å². The molecule has 140 valence electrons. The maximum absolute atomic E-state index is 12.7. The van der Waals surface area contributed by atoms with Gasteiger partial charge in [0.2, 0.25) is 5.91 Å². The lowest BCUT2D eigenvalue weighted by Crippen LogP contribution is -2.58. The molecule has 4 heterocycles.